The van der Waals surface area contributed by atoms with Crippen molar-refractivity contribution in [1.29, 1.82) is 0 Å². The van der Waals surface area contributed by atoms with E-state index < -0.39 is 13.8 Å². The Hall–Kier alpha value is -2.14. The predicted octanol–water partition coefficient (Wildman–Crippen LogP) is 4.61. The van der Waals surface area contributed by atoms with E-state index in [1.54, 1.807) is 24.3 Å². The minimum atomic E-state index is -4.57. The van der Waals surface area contributed by atoms with Crippen molar-refractivity contribution in [2.45, 2.75) is 33.1 Å². The number of carbonyl (C=O) groups is 1. The Bertz CT molecular complexity index is 739. The van der Waals surface area contributed by atoms with E-state index in [1.807, 2.05) is 19.1 Å². The molecule has 0 saturated heterocycles. The molecule has 7 heteroatoms. The summed E-state index contributed by atoms with van der Waals surface area (Å²) in [5, 5.41) is 0. The molecule has 0 aliphatic heterocycles. The third-order valence-corrected chi connectivity index (χ3v) is 4.16. The van der Waals surface area contributed by atoms with Gasteiger partial charge >= 0.3 is 13.8 Å². The zero-order valence-corrected chi connectivity index (χ0v) is 15.1. The first-order valence-electron chi connectivity index (χ1n) is 7.98. The highest BCUT2D eigenvalue weighted by Crippen LogP contribution is 2.44. The second-order valence-corrected chi connectivity index (χ2v) is 6.89. The van der Waals surface area contributed by atoms with Crippen molar-refractivity contribution in [3.8, 4) is 5.75 Å². The lowest BCUT2D eigenvalue weighted by atomic mass is 10.1. The van der Waals surface area contributed by atoms with Crippen LogP contribution in [0.25, 0.3) is 0 Å². The molecule has 6 nitrogen and oxygen atoms in total. The van der Waals surface area contributed by atoms with Crippen LogP contribution in [0.2, 0.25) is 0 Å². The first-order chi connectivity index (χ1) is 11.9. The highest BCUT2D eigenvalue weighted by atomic mass is 31.2. The van der Waals surface area contributed by atoms with E-state index in [0.29, 0.717) is 0 Å². The van der Waals surface area contributed by atoms with Crippen LogP contribution >= 0.6 is 7.82 Å². The number of hydrogen-bond donors (Lipinski definition) is 1. The van der Waals surface area contributed by atoms with Gasteiger partial charge in [-0.2, -0.15) is 0 Å². The second-order valence-electron chi connectivity index (χ2n) is 5.62. The van der Waals surface area contributed by atoms with E-state index >= 15 is 0 Å². The summed E-state index contributed by atoms with van der Waals surface area (Å²) in [6, 6.07) is 13.2. The fourth-order valence-electron chi connectivity index (χ4n) is 2.07. The van der Waals surface area contributed by atoms with Gasteiger partial charge in [-0.15, -0.1) is 0 Å². The highest BCUT2D eigenvalue weighted by Gasteiger charge is 2.27. The summed E-state index contributed by atoms with van der Waals surface area (Å²) in [7, 11) is -4.57. The number of hydrogen-bond acceptors (Lipinski definition) is 5. The number of phosphoric acid groups is 1. The summed E-state index contributed by atoms with van der Waals surface area (Å²) in [4.78, 5) is 25.9. The van der Waals surface area contributed by atoms with E-state index in [1.165, 1.54) is 12.1 Å². The number of aryl methyl sites for hydroxylation is 2. The molecule has 0 bridgehead atoms. The van der Waals surface area contributed by atoms with Gasteiger partial charge in [0.05, 0.1) is 5.56 Å². The lowest BCUT2D eigenvalue weighted by molar-refractivity contribution is -0.165. The van der Waals surface area contributed by atoms with Crippen molar-refractivity contribution in [2.24, 2.45) is 0 Å². The summed E-state index contributed by atoms with van der Waals surface area (Å²) >= 11 is 0. The lowest BCUT2D eigenvalue weighted by Crippen LogP contribution is -2.07. The molecule has 2 aromatic rings. The standard InChI is InChI=1S/C18H21O6P/c1-3-4-5-15-8-10-16(11-9-15)18(19)22-24-25(20,21)23-17-12-6-14(2)7-13-17/h6-13H,3-5H2,1-2H3,(H,20,21). The SMILES string of the molecule is CCCCc1ccc(C(=O)OOP(=O)(O)Oc2ccc(C)cc2)cc1. The zero-order valence-electron chi connectivity index (χ0n) is 14.2. The van der Waals surface area contributed by atoms with Gasteiger partial charge in [0.25, 0.3) is 0 Å². The average Bonchev–Trinajstić information content (AvgIpc) is 2.60. The van der Waals surface area contributed by atoms with Gasteiger partial charge in [0.2, 0.25) is 0 Å². The third kappa shape index (κ3) is 6.35. The van der Waals surface area contributed by atoms with Crippen LogP contribution in [0.4, 0.5) is 0 Å². The predicted molar refractivity (Wildman–Crippen MR) is 93.2 cm³/mol. The van der Waals surface area contributed by atoms with Gasteiger partial charge < -0.3 is 4.52 Å². The summed E-state index contributed by atoms with van der Waals surface area (Å²) in [6.07, 6.45) is 3.08. The smallest absolute Gasteiger partial charge is 0.402 e. The molecule has 25 heavy (non-hydrogen) atoms. The van der Waals surface area contributed by atoms with Crippen molar-refractivity contribution in [3.63, 3.8) is 0 Å². The fraction of sp³-hybridized carbons (Fsp3) is 0.278. The third-order valence-electron chi connectivity index (χ3n) is 3.46. The molecule has 0 aromatic heterocycles. The molecule has 0 amide bonds. The number of benzene rings is 2. The van der Waals surface area contributed by atoms with E-state index in [2.05, 4.69) is 16.5 Å². The molecule has 2 rings (SSSR count). The maximum absolute atomic E-state index is 11.9. The van der Waals surface area contributed by atoms with E-state index in [-0.39, 0.29) is 11.3 Å². The molecule has 0 aliphatic carbocycles. The molecule has 1 N–H and O–H groups in total. The number of phosphoric ester groups is 1. The van der Waals surface area contributed by atoms with Gasteiger partial charge in [0.15, 0.2) is 0 Å². The Labute approximate surface area is 146 Å². The highest BCUT2D eigenvalue weighted by molar-refractivity contribution is 7.47. The fourth-order valence-corrected chi connectivity index (χ4v) is 2.65. The molecule has 0 aliphatic rings. The van der Waals surface area contributed by atoms with Crippen LogP contribution in [-0.2, 0) is 20.5 Å². The van der Waals surface area contributed by atoms with E-state index in [0.717, 1.165) is 30.4 Å². The van der Waals surface area contributed by atoms with Crippen LogP contribution in [0.5, 0.6) is 5.75 Å². The van der Waals surface area contributed by atoms with E-state index in [9.17, 15) is 14.3 Å². The van der Waals surface area contributed by atoms with Crippen LogP contribution in [0, 0.1) is 6.92 Å². The van der Waals surface area contributed by atoms with Crippen molar-refractivity contribution in [2.75, 3.05) is 0 Å². The van der Waals surface area contributed by atoms with Crippen LogP contribution < -0.4 is 4.52 Å². The van der Waals surface area contributed by atoms with Crippen LogP contribution in [-0.4, -0.2) is 10.9 Å². The quantitative estimate of drug-likeness (QED) is 0.419. The minimum Gasteiger partial charge on any atom is -0.402 e. The topological polar surface area (TPSA) is 82.1 Å². The van der Waals surface area contributed by atoms with Crippen molar-refractivity contribution < 1.29 is 28.3 Å². The van der Waals surface area contributed by atoms with Crippen LogP contribution in [0.3, 0.4) is 0 Å². The van der Waals surface area contributed by atoms with Crippen molar-refractivity contribution in [1.82, 2.24) is 0 Å². The van der Waals surface area contributed by atoms with Crippen LogP contribution in [0.1, 0.15) is 41.3 Å². The summed E-state index contributed by atoms with van der Waals surface area (Å²) in [6.45, 7) is 3.98. The molecule has 134 valence electrons. The molecule has 0 saturated carbocycles. The van der Waals surface area contributed by atoms with Gasteiger partial charge in [-0.3, -0.25) is 9.78 Å². The van der Waals surface area contributed by atoms with Gasteiger partial charge in [-0.05, 0) is 49.6 Å². The first-order valence-corrected chi connectivity index (χ1v) is 9.48. The molecule has 2 aromatic carbocycles. The largest absolute Gasteiger partial charge is 0.564 e. The van der Waals surface area contributed by atoms with Gasteiger partial charge in [0.1, 0.15) is 5.75 Å². The van der Waals surface area contributed by atoms with Crippen molar-refractivity contribution >= 4 is 13.8 Å². The Morgan fingerprint density at radius 1 is 1.08 bits per heavy atom. The van der Waals surface area contributed by atoms with Gasteiger partial charge in [-0.25, -0.2) is 9.36 Å². The molecule has 0 spiro atoms. The molecule has 0 heterocycles. The first kappa shape index (κ1) is 19.2. The summed E-state index contributed by atoms with van der Waals surface area (Å²) in [5.41, 5.74) is 2.29. The Kier molecular flexibility index (Phi) is 6.76. The molecule has 0 fully saturated rings. The minimum absolute atomic E-state index is 0.132. The number of unbranched alkanes of at least 4 members (excludes halogenated alkanes) is 1. The average molecular weight is 364 g/mol. The Morgan fingerprint density at radius 3 is 2.32 bits per heavy atom. The summed E-state index contributed by atoms with van der Waals surface area (Å²) in [5.74, 6) is -0.739. The Balaban J connectivity index is 1.89. The van der Waals surface area contributed by atoms with Gasteiger partial charge in [0, 0.05) is 0 Å². The van der Waals surface area contributed by atoms with E-state index in [4.69, 9.17) is 4.52 Å². The molecule has 1 atom stereocenters. The maximum Gasteiger partial charge on any atom is 0.564 e. The second kappa shape index (κ2) is 8.81. The maximum atomic E-state index is 11.9. The molecular weight excluding hydrogens is 343 g/mol. The lowest BCUT2D eigenvalue weighted by Gasteiger charge is -2.11. The van der Waals surface area contributed by atoms with Crippen LogP contribution in [0.15, 0.2) is 48.5 Å². The molecule has 1 unspecified atom stereocenters. The summed E-state index contributed by atoms with van der Waals surface area (Å²) < 4.78 is 20.9. The Morgan fingerprint density at radius 2 is 1.72 bits per heavy atom. The zero-order chi connectivity index (χ0) is 18.3. The normalized spacial score (nSPS) is 13.1. The monoisotopic (exact) mass is 364 g/mol. The number of carbonyl (C=O) groups excluding carboxylic acids is 1. The molecule has 0 radical (unpaired) electrons. The number of rotatable bonds is 8. The van der Waals surface area contributed by atoms with Crippen molar-refractivity contribution in [3.05, 3.63) is 65.2 Å². The van der Waals surface area contributed by atoms with Gasteiger partial charge in [-0.1, -0.05) is 47.8 Å². The molecular formula is C18H21O6P.